The second kappa shape index (κ2) is 3.60. The molecule has 1 saturated heterocycles. The molecule has 1 fully saturated rings. The Balaban J connectivity index is 2.52. The molecule has 2 nitrogen and oxygen atoms in total. The molecule has 1 heterocycles. The minimum Gasteiger partial charge on any atom is -0.337 e. The Bertz CT molecular complexity index is 200. The van der Waals surface area contributed by atoms with Crippen molar-refractivity contribution in [2.24, 2.45) is 5.92 Å². The summed E-state index contributed by atoms with van der Waals surface area (Å²) in [4.78, 5) is 12.4. The quantitative estimate of drug-likeness (QED) is 0.652. The Labute approximate surface area is 76.9 Å². The van der Waals surface area contributed by atoms with E-state index >= 15 is 0 Å². The molecule has 0 aliphatic carbocycles. The minimum atomic E-state index is -3.21. The predicted molar refractivity (Wildman–Crippen MR) is 45.6 cm³/mol. The van der Waals surface area contributed by atoms with Crippen LogP contribution in [0.25, 0.3) is 0 Å². The summed E-state index contributed by atoms with van der Waals surface area (Å²) in [5, 5.41) is 0. The molecule has 1 rings (SSSR count). The van der Waals surface area contributed by atoms with Crippen molar-refractivity contribution in [3.05, 3.63) is 0 Å². The number of alkyl halides is 2. The topological polar surface area (TPSA) is 20.3 Å². The smallest absolute Gasteiger partial charge is 0.322 e. The summed E-state index contributed by atoms with van der Waals surface area (Å²) in [6.45, 7) is 3.66. The Kier molecular flexibility index (Phi) is 2.88. The highest BCUT2D eigenvalue weighted by Gasteiger charge is 2.39. The summed E-state index contributed by atoms with van der Waals surface area (Å²) in [5.41, 5.74) is 0. The Morgan fingerprint density at radius 1 is 1.62 bits per heavy atom. The molecule has 0 saturated carbocycles. The minimum absolute atomic E-state index is 0.409. The standard InChI is InChI=1S/C9H15F2NO/c1-3-7-4-5-12(6-7)8(13)9(2,10)11/h7H,3-6H2,1-2H3. The average molecular weight is 191 g/mol. The monoisotopic (exact) mass is 191 g/mol. The van der Waals surface area contributed by atoms with E-state index in [9.17, 15) is 13.6 Å². The third-order valence-corrected chi connectivity index (χ3v) is 2.53. The lowest BCUT2D eigenvalue weighted by Gasteiger charge is -2.20. The number of carbonyl (C=O) groups excluding carboxylic acids is 1. The Morgan fingerprint density at radius 2 is 2.23 bits per heavy atom. The molecule has 1 unspecified atom stereocenters. The second-order valence-electron chi connectivity index (χ2n) is 3.70. The zero-order chi connectivity index (χ0) is 10.1. The van der Waals surface area contributed by atoms with Crippen LogP contribution in [0.4, 0.5) is 8.78 Å². The third kappa shape index (κ3) is 2.39. The van der Waals surface area contributed by atoms with Crippen LogP contribution in [0.5, 0.6) is 0 Å². The highest BCUT2D eigenvalue weighted by Crippen LogP contribution is 2.24. The molecule has 1 atom stereocenters. The van der Waals surface area contributed by atoms with Crippen molar-refractivity contribution in [2.45, 2.75) is 32.6 Å². The predicted octanol–water partition coefficient (Wildman–Crippen LogP) is 1.90. The first kappa shape index (κ1) is 10.4. The number of nitrogens with zero attached hydrogens (tertiary/aromatic N) is 1. The zero-order valence-corrected chi connectivity index (χ0v) is 8.02. The molecule has 0 bridgehead atoms. The molecule has 0 aromatic carbocycles. The molecule has 0 N–H and O–H groups in total. The normalized spacial score (nSPS) is 23.7. The zero-order valence-electron chi connectivity index (χ0n) is 8.02. The summed E-state index contributed by atoms with van der Waals surface area (Å²) in [6, 6.07) is 0. The van der Waals surface area contributed by atoms with E-state index in [0.29, 0.717) is 25.9 Å². The molecular weight excluding hydrogens is 176 g/mol. The van der Waals surface area contributed by atoms with Gasteiger partial charge < -0.3 is 4.90 Å². The molecule has 1 aliphatic heterocycles. The molecule has 0 aromatic rings. The summed E-state index contributed by atoms with van der Waals surface area (Å²) in [6.07, 6.45) is 1.82. The van der Waals surface area contributed by atoms with E-state index in [4.69, 9.17) is 0 Å². The number of rotatable bonds is 2. The summed E-state index contributed by atoms with van der Waals surface area (Å²) >= 11 is 0. The first-order valence-electron chi connectivity index (χ1n) is 4.62. The van der Waals surface area contributed by atoms with Crippen molar-refractivity contribution in [1.29, 1.82) is 0 Å². The summed E-state index contributed by atoms with van der Waals surface area (Å²) in [5.74, 6) is -3.82. The van der Waals surface area contributed by atoms with Crippen molar-refractivity contribution >= 4 is 5.91 Å². The van der Waals surface area contributed by atoms with Crippen LogP contribution in [-0.4, -0.2) is 29.8 Å². The van der Waals surface area contributed by atoms with Gasteiger partial charge in [0.1, 0.15) is 0 Å². The van der Waals surface area contributed by atoms with Crippen molar-refractivity contribution in [2.75, 3.05) is 13.1 Å². The van der Waals surface area contributed by atoms with E-state index in [1.807, 2.05) is 6.92 Å². The fourth-order valence-electron chi connectivity index (χ4n) is 1.63. The first-order chi connectivity index (χ1) is 5.95. The van der Waals surface area contributed by atoms with E-state index in [1.165, 1.54) is 4.90 Å². The van der Waals surface area contributed by atoms with Gasteiger partial charge in [-0.05, 0) is 12.3 Å². The Morgan fingerprint density at radius 3 is 2.62 bits per heavy atom. The van der Waals surface area contributed by atoms with E-state index < -0.39 is 11.8 Å². The number of hydrogen-bond acceptors (Lipinski definition) is 1. The van der Waals surface area contributed by atoms with Gasteiger partial charge in [-0.25, -0.2) is 0 Å². The van der Waals surface area contributed by atoms with Gasteiger partial charge in [0.15, 0.2) is 0 Å². The van der Waals surface area contributed by atoms with Crippen molar-refractivity contribution in [3.8, 4) is 0 Å². The summed E-state index contributed by atoms with van der Waals surface area (Å²) in [7, 11) is 0. The highest BCUT2D eigenvalue weighted by molar-refractivity contribution is 5.83. The van der Waals surface area contributed by atoms with Gasteiger partial charge in [-0.15, -0.1) is 0 Å². The number of halogens is 2. The lowest BCUT2D eigenvalue weighted by Crippen LogP contribution is -2.40. The van der Waals surface area contributed by atoms with Crippen LogP contribution in [0.3, 0.4) is 0 Å². The van der Waals surface area contributed by atoms with Crippen LogP contribution in [0.1, 0.15) is 26.7 Å². The Hall–Kier alpha value is -0.670. The highest BCUT2D eigenvalue weighted by atomic mass is 19.3. The molecule has 0 spiro atoms. The van der Waals surface area contributed by atoms with Crippen molar-refractivity contribution in [3.63, 3.8) is 0 Å². The molecule has 4 heteroatoms. The van der Waals surface area contributed by atoms with E-state index in [2.05, 4.69) is 0 Å². The molecular formula is C9H15F2NO. The number of likely N-dealkylation sites (tertiary alicyclic amines) is 1. The number of amides is 1. The van der Waals surface area contributed by atoms with Gasteiger partial charge in [0.2, 0.25) is 0 Å². The van der Waals surface area contributed by atoms with Crippen molar-refractivity contribution in [1.82, 2.24) is 4.90 Å². The largest absolute Gasteiger partial charge is 0.337 e. The van der Waals surface area contributed by atoms with Gasteiger partial charge in [-0.1, -0.05) is 13.3 Å². The first-order valence-corrected chi connectivity index (χ1v) is 4.62. The van der Waals surface area contributed by atoms with Crippen LogP contribution in [0.15, 0.2) is 0 Å². The van der Waals surface area contributed by atoms with Crippen LogP contribution in [-0.2, 0) is 4.79 Å². The maximum Gasteiger partial charge on any atom is 0.322 e. The summed E-state index contributed by atoms with van der Waals surface area (Å²) < 4.78 is 25.2. The maximum absolute atomic E-state index is 12.6. The lowest BCUT2D eigenvalue weighted by molar-refractivity contribution is -0.153. The van der Waals surface area contributed by atoms with Crippen LogP contribution < -0.4 is 0 Å². The van der Waals surface area contributed by atoms with Crippen LogP contribution in [0.2, 0.25) is 0 Å². The van der Waals surface area contributed by atoms with Gasteiger partial charge in [-0.2, -0.15) is 8.78 Å². The SMILES string of the molecule is CCC1CCN(C(=O)C(C)(F)F)C1. The number of hydrogen-bond donors (Lipinski definition) is 0. The van der Waals surface area contributed by atoms with Gasteiger partial charge in [0, 0.05) is 20.0 Å². The second-order valence-corrected chi connectivity index (χ2v) is 3.70. The fraction of sp³-hybridized carbons (Fsp3) is 0.889. The average Bonchev–Trinajstić information content (AvgIpc) is 2.48. The van der Waals surface area contributed by atoms with Gasteiger partial charge in [0.25, 0.3) is 5.91 Å². The van der Waals surface area contributed by atoms with Gasteiger partial charge >= 0.3 is 5.92 Å². The van der Waals surface area contributed by atoms with Crippen molar-refractivity contribution < 1.29 is 13.6 Å². The van der Waals surface area contributed by atoms with E-state index in [-0.39, 0.29) is 0 Å². The molecule has 0 aromatic heterocycles. The maximum atomic E-state index is 12.6. The molecule has 1 amide bonds. The van der Waals surface area contributed by atoms with E-state index in [1.54, 1.807) is 0 Å². The van der Waals surface area contributed by atoms with E-state index in [0.717, 1.165) is 12.8 Å². The third-order valence-electron chi connectivity index (χ3n) is 2.53. The molecule has 76 valence electrons. The van der Waals surface area contributed by atoms with Crippen LogP contribution >= 0.6 is 0 Å². The fourth-order valence-corrected chi connectivity index (χ4v) is 1.63. The molecule has 13 heavy (non-hydrogen) atoms. The molecule has 0 radical (unpaired) electrons. The van der Waals surface area contributed by atoms with Gasteiger partial charge in [0.05, 0.1) is 0 Å². The van der Waals surface area contributed by atoms with Gasteiger partial charge in [-0.3, -0.25) is 4.79 Å². The number of carbonyl (C=O) groups is 1. The molecule has 1 aliphatic rings. The van der Waals surface area contributed by atoms with Crippen LogP contribution in [0, 0.1) is 5.92 Å². The lowest BCUT2D eigenvalue weighted by atomic mass is 10.1.